The van der Waals surface area contributed by atoms with Gasteiger partial charge in [-0.2, -0.15) is 0 Å². The van der Waals surface area contributed by atoms with E-state index in [0.717, 1.165) is 32.0 Å². The van der Waals surface area contributed by atoms with Crippen LogP contribution in [0.5, 0.6) is 0 Å². The standard InChI is InChI=1S/C15H23N3O4S.ClH/c1-3-12-4-5-13(18(19)20)10-14(12)23(21,22)17-11-15(2)6-8-16-9-7-15;/h4-5,10,16-17H,3,6-9,11H2,1-2H3;1H. The fraction of sp³-hybridized carbons (Fsp3) is 0.600. The molecule has 1 heterocycles. The Hall–Kier alpha value is -1.22. The SMILES string of the molecule is CCc1ccc([N+](=O)[O-])cc1S(=O)(=O)NCC1(C)CCNCC1.Cl. The molecule has 0 amide bonds. The van der Waals surface area contributed by atoms with E-state index in [4.69, 9.17) is 0 Å². The van der Waals surface area contributed by atoms with E-state index in [0.29, 0.717) is 18.5 Å². The van der Waals surface area contributed by atoms with E-state index in [2.05, 4.69) is 17.0 Å². The van der Waals surface area contributed by atoms with Gasteiger partial charge in [-0.25, -0.2) is 13.1 Å². The Balaban J connectivity index is 0.00000288. The normalized spacial score (nSPS) is 17.1. The van der Waals surface area contributed by atoms with Crippen LogP contribution in [0.2, 0.25) is 0 Å². The van der Waals surface area contributed by atoms with Crippen LogP contribution < -0.4 is 10.0 Å². The molecule has 0 aliphatic carbocycles. The van der Waals surface area contributed by atoms with E-state index >= 15 is 0 Å². The van der Waals surface area contributed by atoms with Crippen molar-refractivity contribution in [1.82, 2.24) is 10.0 Å². The zero-order chi connectivity index (χ0) is 17.1. The second-order valence-corrected chi connectivity index (χ2v) is 8.02. The van der Waals surface area contributed by atoms with Gasteiger partial charge in [0.05, 0.1) is 9.82 Å². The molecule has 1 saturated heterocycles. The van der Waals surface area contributed by atoms with E-state index in [1.807, 2.05) is 6.92 Å². The topological polar surface area (TPSA) is 101 Å². The summed E-state index contributed by atoms with van der Waals surface area (Å²) in [6, 6.07) is 4.00. The fourth-order valence-corrected chi connectivity index (χ4v) is 4.28. The van der Waals surface area contributed by atoms with Crippen LogP contribution in [0.25, 0.3) is 0 Å². The number of rotatable bonds is 6. The van der Waals surface area contributed by atoms with Crippen molar-refractivity contribution in [2.24, 2.45) is 5.41 Å². The lowest BCUT2D eigenvalue weighted by Crippen LogP contribution is -2.43. The zero-order valence-corrected chi connectivity index (χ0v) is 15.5. The lowest BCUT2D eigenvalue weighted by molar-refractivity contribution is -0.385. The number of aryl methyl sites for hydroxylation is 1. The van der Waals surface area contributed by atoms with Gasteiger partial charge in [0, 0.05) is 18.7 Å². The van der Waals surface area contributed by atoms with Crippen LogP contribution in [0.3, 0.4) is 0 Å². The molecule has 9 heteroatoms. The molecule has 136 valence electrons. The predicted octanol–water partition coefficient (Wildman–Crippen LogP) is 2.25. The molecule has 0 saturated carbocycles. The average molecular weight is 378 g/mol. The Kier molecular flexibility index (Phi) is 7.15. The first kappa shape index (κ1) is 20.8. The molecule has 0 bridgehead atoms. The molecule has 2 rings (SSSR count). The number of nitro benzene ring substituents is 1. The second-order valence-electron chi connectivity index (χ2n) is 6.29. The van der Waals surface area contributed by atoms with E-state index in [1.165, 1.54) is 12.1 Å². The van der Waals surface area contributed by atoms with Gasteiger partial charge in [0.2, 0.25) is 10.0 Å². The molecular formula is C15H24ClN3O4S. The molecule has 1 aliphatic heterocycles. The van der Waals surface area contributed by atoms with Gasteiger partial charge in [-0.15, -0.1) is 12.4 Å². The minimum Gasteiger partial charge on any atom is -0.317 e. The highest BCUT2D eigenvalue weighted by atomic mass is 35.5. The van der Waals surface area contributed by atoms with Crippen LogP contribution in [0.1, 0.15) is 32.3 Å². The van der Waals surface area contributed by atoms with Gasteiger partial charge in [-0.1, -0.05) is 19.9 Å². The monoisotopic (exact) mass is 377 g/mol. The number of hydrogen-bond acceptors (Lipinski definition) is 5. The number of sulfonamides is 1. The first-order valence-corrected chi connectivity index (χ1v) is 9.23. The summed E-state index contributed by atoms with van der Waals surface area (Å²) in [6.45, 7) is 5.96. The maximum absolute atomic E-state index is 12.6. The zero-order valence-electron chi connectivity index (χ0n) is 13.9. The summed E-state index contributed by atoms with van der Waals surface area (Å²) in [7, 11) is -3.77. The van der Waals surface area contributed by atoms with Gasteiger partial charge in [-0.3, -0.25) is 10.1 Å². The van der Waals surface area contributed by atoms with Crippen molar-refractivity contribution in [3.05, 3.63) is 33.9 Å². The van der Waals surface area contributed by atoms with Crippen molar-refractivity contribution in [3.63, 3.8) is 0 Å². The van der Waals surface area contributed by atoms with Crippen molar-refractivity contribution >= 4 is 28.1 Å². The summed E-state index contributed by atoms with van der Waals surface area (Å²) in [5.74, 6) is 0. The summed E-state index contributed by atoms with van der Waals surface area (Å²) in [5, 5.41) is 14.2. The average Bonchev–Trinajstić information content (AvgIpc) is 2.53. The van der Waals surface area contributed by atoms with Crippen LogP contribution in [-0.2, 0) is 16.4 Å². The third-order valence-electron chi connectivity index (χ3n) is 4.43. The van der Waals surface area contributed by atoms with Crippen LogP contribution in [0.4, 0.5) is 5.69 Å². The summed E-state index contributed by atoms with van der Waals surface area (Å²) >= 11 is 0. The largest absolute Gasteiger partial charge is 0.317 e. The summed E-state index contributed by atoms with van der Waals surface area (Å²) in [4.78, 5) is 10.3. The van der Waals surface area contributed by atoms with Crippen LogP contribution in [0.15, 0.2) is 23.1 Å². The molecule has 1 aliphatic rings. The summed E-state index contributed by atoms with van der Waals surface area (Å²) < 4.78 is 27.9. The third kappa shape index (κ3) is 4.89. The fourth-order valence-electron chi connectivity index (χ4n) is 2.75. The third-order valence-corrected chi connectivity index (χ3v) is 5.92. The molecule has 1 aromatic carbocycles. The summed E-state index contributed by atoms with van der Waals surface area (Å²) in [6.07, 6.45) is 2.28. The predicted molar refractivity (Wildman–Crippen MR) is 95.1 cm³/mol. The van der Waals surface area contributed by atoms with Crippen molar-refractivity contribution in [2.45, 2.75) is 38.0 Å². The Morgan fingerprint density at radius 1 is 1.33 bits per heavy atom. The van der Waals surface area contributed by atoms with Crippen LogP contribution in [0, 0.1) is 15.5 Å². The number of nitro groups is 1. The smallest absolute Gasteiger partial charge is 0.270 e. The Bertz CT molecular complexity index is 688. The Labute approximate surface area is 148 Å². The lowest BCUT2D eigenvalue weighted by atomic mass is 9.81. The number of piperidine rings is 1. The van der Waals surface area contributed by atoms with E-state index < -0.39 is 14.9 Å². The summed E-state index contributed by atoms with van der Waals surface area (Å²) in [5.41, 5.74) is 0.278. The van der Waals surface area contributed by atoms with Crippen molar-refractivity contribution in [1.29, 1.82) is 0 Å². The highest BCUT2D eigenvalue weighted by Gasteiger charge is 2.29. The molecule has 24 heavy (non-hydrogen) atoms. The highest BCUT2D eigenvalue weighted by Crippen LogP contribution is 2.28. The molecule has 0 atom stereocenters. The van der Waals surface area contributed by atoms with Crippen molar-refractivity contribution < 1.29 is 13.3 Å². The molecule has 0 radical (unpaired) electrons. The number of nitrogens with one attached hydrogen (secondary N) is 2. The molecule has 1 aromatic rings. The minimum absolute atomic E-state index is 0. The molecule has 2 N–H and O–H groups in total. The molecule has 7 nitrogen and oxygen atoms in total. The van der Waals surface area contributed by atoms with Gasteiger partial charge in [-0.05, 0) is 43.3 Å². The quantitative estimate of drug-likeness (QED) is 0.584. The maximum Gasteiger partial charge on any atom is 0.270 e. The first-order valence-electron chi connectivity index (χ1n) is 7.75. The molecular weight excluding hydrogens is 354 g/mol. The maximum atomic E-state index is 12.6. The number of nitrogens with zero attached hydrogens (tertiary/aromatic N) is 1. The van der Waals surface area contributed by atoms with Gasteiger partial charge >= 0.3 is 0 Å². The molecule has 1 fully saturated rings. The van der Waals surface area contributed by atoms with Crippen LogP contribution >= 0.6 is 12.4 Å². The number of halogens is 1. The highest BCUT2D eigenvalue weighted by molar-refractivity contribution is 7.89. The minimum atomic E-state index is -3.77. The number of benzene rings is 1. The van der Waals surface area contributed by atoms with Gasteiger partial charge in [0.15, 0.2) is 0 Å². The Morgan fingerprint density at radius 3 is 2.50 bits per heavy atom. The Morgan fingerprint density at radius 2 is 1.96 bits per heavy atom. The molecule has 0 spiro atoms. The van der Waals surface area contributed by atoms with E-state index in [9.17, 15) is 18.5 Å². The number of non-ortho nitro benzene ring substituents is 1. The van der Waals surface area contributed by atoms with Crippen molar-refractivity contribution in [3.8, 4) is 0 Å². The first-order chi connectivity index (χ1) is 10.8. The second kappa shape index (κ2) is 8.24. The van der Waals surface area contributed by atoms with Gasteiger partial charge < -0.3 is 5.32 Å². The van der Waals surface area contributed by atoms with Crippen molar-refractivity contribution in [2.75, 3.05) is 19.6 Å². The van der Waals surface area contributed by atoms with E-state index in [1.54, 1.807) is 0 Å². The van der Waals surface area contributed by atoms with Crippen LogP contribution in [-0.4, -0.2) is 33.0 Å². The van der Waals surface area contributed by atoms with Gasteiger partial charge in [0.1, 0.15) is 0 Å². The van der Waals surface area contributed by atoms with E-state index in [-0.39, 0.29) is 28.4 Å². The lowest BCUT2D eigenvalue weighted by Gasteiger charge is -2.34. The molecule has 0 unspecified atom stereocenters. The van der Waals surface area contributed by atoms with Gasteiger partial charge in [0.25, 0.3) is 5.69 Å². The number of hydrogen-bond donors (Lipinski definition) is 2. The molecule has 0 aromatic heterocycles.